The number of hydrogen-bond acceptors (Lipinski definition) is 3. The van der Waals surface area contributed by atoms with Gasteiger partial charge in [-0.25, -0.2) is 4.98 Å². The van der Waals surface area contributed by atoms with Crippen molar-refractivity contribution >= 4 is 5.95 Å². The van der Waals surface area contributed by atoms with Crippen LogP contribution in [0.3, 0.4) is 0 Å². The fourth-order valence-corrected chi connectivity index (χ4v) is 1.66. The lowest BCUT2D eigenvalue weighted by atomic mass is 10.2. The number of rotatable bonds is 5. The molecule has 1 heterocycles. The molecule has 0 bridgehead atoms. The van der Waals surface area contributed by atoms with Crippen LogP contribution in [0.1, 0.15) is 31.5 Å². The number of imidazole rings is 1. The molecule has 0 aliphatic rings. The number of aromatic nitrogens is 2. The van der Waals surface area contributed by atoms with E-state index in [0.29, 0.717) is 18.6 Å². The second-order valence-corrected chi connectivity index (χ2v) is 3.55. The van der Waals surface area contributed by atoms with E-state index in [1.165, 1.54) is 0 Å². The van der Waals surface area contributed by atoms with Gasteiger partial charge in [-0.15, -0.1) is 0 Å². The van der Waals surface area contributed by atoms with E-state index in [9.17, 15) is 0 Å². The molecule has 0 radical (unpaired) electrons. The Morgan fingerprint density at radius 2 is 2.36 bits per heavy atom. The van der Waals surface area contributed by atoms with Gasteiger partial charge >= 0.3 is 0 Å². The van der Waals surface area contributed by atoms with E-state index in [-0.39, 0.29) is 0 Å². The predicted octanol–water partition coefficient (Wildman–Crippen LogP) is 1.76. The van der Waals surface area contributed by atoms with Crippen LogP contribution in [-0.2, 0) is 4.74 Å². The Kier molecular flexibility index (Phi) is 3.95. The second kappa shape index (κ2) is 5.00. The Hall–Kier alpha value is -1.03. The molecule has 0 saturated heterocycles. The summed E-state index contributed by atoms with van der Waals surface area (Å²) in [5.41, 5.74) is 6.76. The van der Waals surface area contributed by atoms with Crippen molar-refractivity contribution in [2.24, 2.45) is 0 Å². The van der Waals surface area contributed by atoms with Gasteiger partial charge in [0.25, 0.3) is 0 Å². The minimum Gasteiger partial charge on any atom is -0.383 e. The molecule has 1 unspecified atom stereocenters. The number of nitrogens with zero attached hydrogens (tertiary/aromatic N) is 2. The Morgan fingerprint density at radius 3 is 2.79 bits per heavy atom. The molecule has 0 saturated carbocycles. The van der Waals surface area contributed by atoms with Crippen molar-refractivity contribution in [1.82, 2.24) is 9.55 Å². The molecule has 0 aliphatic heterocycles. The number of nitrogen functional groups attached to an aromatic ring is 1. The zero-order valence-corrected chi connectivity index (χ0v) is 9.16. The van der Waals surface area contributed by atoms with E-state index in [4.69, 9.17) is 10.5 Å². The number of aryl methyl sites for hydroxylation is 1. The number of methoxy groups -OCH3 is 1. The lowest BCUT2D eigenvalue weighted by Gasteiger charge is -2.17. The maximum absolute atomic E-state index is 5.80. The van der Waals surface area contributed by atoms with Gasteiger partial charge in [-0.05, 0) is 13.3 Å². The van der Waals surface area contributed by atoms with Gasteiger partial charge in [0.2, 0.25) is 5.95 Å². The Bertz CT molecular complexity index is 277. The zero-order valence-electron chi connectivity index (χ0n) is 9.16. The van der Waals surface area contributed by atoms with Crippen molar-refractivity contribution in [1.29, 1.82) is 0 Å². The average Bonchev–Trinajstić information content (AvgIpc) is 2.45. The summed E-state index contributed by atoms with van der Waals surface area (Å²) in [6, 6.07) is 0.311. The molecule has 1 aromatic heterocycles. The van der Waals surface area contributed by atoms with Crippen molar-refractivity contribution in [2.75, 3.05) is 19.5 Å². The minimum atomic E-state index is 0.311. The fraction of sp³-hybridized carbons (Fsp3) is 0.700. The second-order valence-electron chi connectivity index (χ2n) is 3.55. The fourth-order valence-electron chi connectivity index (χ4n) is 1.66. The molecule has 0 spiro atoms. The van der Waals surface area contributed by atoms with Gasteiger partial charge in [-0.3, -0.25) is 0 Å². The van der Waals surface area contributed by atoms with E-state index < -0.39 is 0 Å². The summed E-state index contributed by atoms with van der Waals surface area (Å²) in [5.74, 6) is 0.581. The first-order chi connectivity index (χ1) is 6.69. The topological polar surface area (TPSA) is 53.1 Å². The van der Waals surface area contributed by atoms with Crippen LogP contribution in [0.25, 0.3) is 0 Å². The molecule has 1 aromatic rings. The highest BCUT2D eigenvalue weighted by atomic mass is 16.5. The standard InChI is InChI=1S/C10H19N3O/c1-4-5-9(7-14-3)13-6-8(2)12-10(13)11/h6,9H,4-5,7H2,1-3H3,(H2,11,12). The molecule has 80 valence electrons. The number of hydrogen-bond donors (Lipinski definition) is 1. The molecule has 4 nitrogen and oxygen atoms in total. The van der Waals surface area contributed by atoms with Crippen molar-refractivity contribution < 1.29 is 4.74 Å². The lowest BCUT2D eigenvalue weighted by Crippen LogP contribution is -2.15. The Labute approximate surface area is 85.1 Å². The van der Waals surface area contributed by atoms with Gasteiger partial charge in [0.15, 0.2) is 0 Å². The summed E-state index contributed by atoms with van der Waals surface area (Å²) >= 11 is 0. The molecule has 14 heavy (non-hydrogen) atoms. The first-order valence-corrected chi connectivity index (χ1v) is 4.99. The number of anilines is 1. The summed E-state index contributed by atoms with van der Waals surface area (Å²) in [4.78, 5) is 4.18. The molecule has 0 aromatic carbocycles. The van der Waals surface area contributed by atoms with Gasteiger partial charge in [-0.2, -0.15) is 0 Å². The van der Waals surface area contributed by atoms with E-state index in [0.717, 1.165) is 18.5 Å². The van der Waals surface area contributed by atoms with Gasteiger partial charge < -0.3 is 15.0 Å². The molecule has 4 heteroatoms. The Balaban J connectivity index is 2.80. The van der Waals surface area contributed by atoms with Crippen molar-refractivity contribution in [2.45, 2.75) is 32.7 Å². The summed E-state index contributed by atoms with van der Waals surface area (Å²) in [5, 5.41) is 0. The average molecular weight is 197 g/mol. The van der Waals surface area contributed by atoms with Crippen LogP contribution in [0.4, 0.5) is 5.95 Å². The molecular weight excluding hydrogens is 178 g/mol. The maximum Gasteiger partial charge on any atom is 0.200 e. The van der Waals surface area contributed by atoms with Gasteiger partial charge in [0.1, 0.15) is 0 Å². The highest BCUT2D eigenvalue weighted by molar-refractivity contribution is 5.22. The zero-order chi connectivity index (χ0) is 10.6. The summed E-state index contributed by atoms with van der Waals surface area (Å²) in [7, 11) is 1.71. The lowest BCUT2D eigenvalue weighted by molar-refractivity contribution is 0.151. The van der Waals surface area contributed by atoms with Crippen molar-refractivity contribution in [3.63, 3.8) is 0 Å². The SMILES string of the molecule is CCCC(COC)n1cc(C)nc1N. The monoisotopic (exact) mass is 197 g/mol. The number of nitrogens with two attached hydrogens (primary N) is 1. The van der Waals surface area contributed by atoms with Crippen LogP contribution in [0.5, 0.6) is 0 Å². The highest BCUT2D eigenvalue weighted by Gasteiger charge is 2.13. The summed E-state index contributed by atoms with van der Waals surface area (Å²) < 4.78 is 7.17. The molecule has 1 rings (SSSR count). The summed E-state index contributed by atoms with van der Waals surface area (Å²) in [6.07, 6.45) is 4.16. The molecule has 1 atom stereocenters. The molecule has 0 fully saturated rings. The van der Waals surface area contributed by atoms with E-state index >= 15 is 0 Å². The minimum absolute atomic E-state index is 0.311. The highest BCUT2D eigenvalue weighted by Crippen LogP contribution is 2.18. The van der Waals surface area contributed by atoms with Crippen molar-refractivity contribution in [3.8, 4) is 0 Å². The third kappa shape index (κ3) is 2.48. The van der Waals surface area contributed by atoms with Crippen LogP contribution in [0.2, 0.25) is 0 Å². The van der Waals surface area contributed by atoms with Gasteiger partial charge in [0.05, 0.1) is 18.3 Å². The van der Waals surface area contributed by atoms with Crippen LogP contribution in [-0.4, -0.2) is 23.3 Å². The quantitative estimate of drug-likeness (QED) is 0.782. The van der Waals surface area contributed by atoms with Gasteiger partial charge in [-0.1, -0.05) is 13.3 Å². The molecule has 0 amide bonds. The van der Waals surface area contributed by atoms with E-state index in [1.54, 1.807) is 7.11 Å². The molecular formula is C10H19N3O. The smallest absolute Gasteiger partial charge is 0.200 e. The summed E-state index contributed by atoms with van der Waals surface area (Å²) in [6.45, 7) is 4.79. The molecule has 0 aliphatic carbocycles. The van der Waals surface area contributed by atoms with E-state index in [1.807, 2.05) is 17.7 Å². The largest absolute Gasteiger partial charge is 0.383 e. The number of ether oxygens (including phenoxy) is 1. The maximum atomic E-state index is 5.80. The third-order valence-electron chi connectivity index (χ3n) is 2.26. The predicted molar refractivity (Wildman–Crippen MR) is 57.2 cm³/mol. The Morgan fingerprint density at radius 1 is 1.64 bits per heavy atom. The van der Waals surface area contributed by atoms with E-state index in [2.05, 4.69) is 11.9 Å². The van der Waals surface area contributed by atoms with Crippen LogP contribution in [0.15, 0.2) is 6.20 Å². The first-order valence-electron chi connectivity index (χ1n) is 4.99. The third-order valence-corrected chi connectivity index (χ3v) is 2.26. The normalized spacial score (nSPS) is 13.1. The van der Waals surface area contributed by atoms with Crippen LogP contribution >= 0.6 is 0 Å². The van der Waals surface area contributed by atoms with Gasteiger partial charge in [0, 0.05) is 13.3 Å². The van der Waals surface area contributed by atoms with Crippen molar-refractivity contribution in [3.05, 3.63) is 11.9 Å². The molecule has 2 N–H and O–H groups in total. The van der Waals surface area contributed by atoms with Crippen LogP contribution in [0, 0.1) is 6.92 Å². The first kappa shape index (κ1) is 11.0. The van der Waals surface area contributed by atoms with Crippen LogP contribution < -0.4 is 5.73 Å².